The van der Waals surface area contributed by atoms with Crippen molar-refractivity contribution in [3.05, 3.63) is 66.4 Å². The van der Waals surface area contributed by atoms with Gasteiger partial charge in [0.2, 0.25) is 11.8 Å². The van der Waals surface area contributed by atoms with E-state index in [1.54, 1.807) is 11.8 Å². The number of carbonyl (C=O) groups excluding carboxylic acids is 2. The molecule has 0 aliphatic heterocycles. The number of benzene rings is 2. The van der Waals surface area contributed by atoms with Crippen LogP contribution < -0.4 is 10.6 Å². The molecule has 0 radical (unpaired) electrons. The van der Waals surface area contributed by atoms with Crippen LogP contribution in [0.1, 0.15) is 25.0 Å². The van der Waals surface area contributed by atoms with Gasteiger partial charge in [0.15, 0.2) is 0 Å². The third-order valence-corrected chi connectivity index (χ3v) is 4.82. The lowest BCUT2D eigenvalue weighted by Gasteiger charge is -2.12. The van der Waals surface area contributed by atoms with Gasteiger partial charge >= 0.3 is 0 Å². The van der Waals surface area contributed by atoms with Gasteiger partial charge in [-0.15, -0.1) is 0 Å². The predicted molar refractivity (Wildman–Crippen MR) is 121 cm³/mol. The first-order chi connectivity index (χ1) is 15.1. The fourth-order valence-corrected chi connectivity index (χ4v) is 3.33. The van der Waals surface area contributed by atoms with Crippen LogP contribution in [0.3, 0.4) is 0 Å². The third kappa shape index (κ3) is 6.02. The van der Waals surface area contributed by atoms with Crippen molar-refractivity contribution in [3.8, 4) is 16.8 Å². The lowest BCUT2D eigenvalue weighted by Crippen LogP contribution is -2.27. The van der Waals surface area contributed by atoms with Gasteiger partial charge in [0.1, 0.15) is 5.82 Å². The number of rotatable bonds is 10. The lowest BCUT2D eigenvalue weighted by atomic mass is 10.1. The first kappa shape index (κ1) is 22.2. The van der Waals surface area contributed by atoms with E-state index in [0.717, 1.165) is 22.5 Å². The average molecular weight is 421 g/mol. The highest BCUT2D eigenvalue weighted by atomic mass is 16.5. The van der Waals surface area contributed by atoms with Gasteiger partial charge in [-0.2, -0.15) is 5.10 Å². The Kier molecular flexibility index (Phi) is 7.95. The minimum absolute atomic E-state index is 0.0833. The van der Waals surface area contributed by atoms with Crippen LogP contribution in [0, 0.1) is 6.92 Å². The zero-order valence-corrected chi connectivity index (χ0v) is 17.9. The fourth-order valence-electron chi connectivity index (χ4n) is 3.33. The van der Waals surface area contributed by atoms with Crippen molar-refractivity contribution in [2.45, 2.75) is 26.2 Å². The van der Waals surface area contributed by atoms with Gasteiger partial charge in [-0.3, -0.25) is 9.59 Å². The quantitative estimate of drug-likeness (QED) is 0.490. The zero-order chi connectivity index (χ0) is 22.1. The van der Waals surface area contributed by atoms with E-state index < -0.39 is 0 Å². The molecule has 0 aliphatic rings. The molecule has 3 aromatic rings. The van der Waals surface area contributed by atoms with Gasteiger partial charge in [0.25, 0.3) is 0 Å². The molecule has 0 aliphatic carbocycles. The number of nitrogens with zero attached hydrogens (tertiary/aromatic N) is 2. The van der Waals surface area contributed by atoms with E-state index in [0.29, 0.717) is 31.8 Å². The molecule has 1 aromatic heterocycles. The molecule has 0 spiro atoms. The summed E-state index contributed by atoms with van der Waals surface area (Å²) in [5.41, 5.74) is 3.55. The summed E-state index contributed by atoms with van der Waals surface area (Å²) in [7, 11) is 1.59. The SMILES string of the molecule is COCCNC(=O)CCCC(=O)Nc1c(-c2ccccc2)c(C)nn1-c1ccccc1. The van der Waals surface area contributed by atoms with Gasteiger partial charge in [0, 0.05) is 32.1 Å². The average Bonchev–Trinajstić information content (AvgIpc) is 3.10. The molecule has 0 saturated heterocycles. The number of anilines is 1. The predicted octanol–water partition coefficient (Wildman–Crippen LogP) is 3.72. The van der Waals surface area contributed by atoms with Gasteiger partial charge in [-0.25, -0.2) is 4.68 Å². The summed E-state index contributed by atoms with van der Waals surface area (Å²) in [5, 5.41) is 10.5. The maximum Gasteiger partial charge on any atom is 0.225 e. The molecule has 2 amide bonds. The normalized spacial score (nSPS) is 10.6. The largest absolute Gasteiger partial charge is 0.383 e. The number of carbonyl (C=O) groups is 2. The second-order valence-electron chi connectivity index (χ2n) is 7.17. The first-order valence-electron chi connectivity index (χ1n) is 10.4. The Balaban J connectivity index is 1.76. The van der Waals surface area contributed by atoms with E-state index >= 15 is 0 Å². The second kappa shape index (κ2) is 11.1. The van der Waals surface area contributed by atoms with Gasteiger partial charge in [-0.1, -0.05) is 48.5 Å². The summed E-state index contributed by atoms with van der Waals surface area (Å²) in [6, 6.07) is 19.6. The second-order valence-corrected chi connectivity index (χ2v) is 7.17. The van der Waals surface area contributed by atoms with E-state index in [1.165, 1.54) is 0 Å². The van der Waals surface area contributed by atoms with Crippen molar-refractivity contribution >= 4 is 17.6 Å². The van der Waals surface area contributed by atoms with Crippen LogP contribution in [-0.2, 0) is 14.3 Å². The van der Waals surface area contributed by atoms with E-state index in [1.807, 2.05) is 67.6 Å². The number of para-hydroxylation sites is 1. The number of hydrogen-bond acceptors (Lipinski definition) is 4. The highest BCUT2D eigenvalue weighted by Gasteiger charge is 2.20. The van der Waals surface area contributed by atoms with Crippen molar-refractivity contribution in [3.63, 3.8) is 0 Å². The van der Waals surface area contributed by atoms with Crippen LogP contribution in [0.15, 0.2) is 60.7 Å². The zero-order valence-electron chi connectivity index (χ0n) is 17.9. The van der Waals surface area contributed by atoms with Crippen LogP contribution in [-0.4, -0.2) is 41.9 Å². The Bertz CT molecular complexity index is 1000. The summed E-state index contributed by atoms with van der Waals surface area (Å²) in [6.07, 6.45) is 0.994. The number of amides is 2. The molecule has 0 saturated carbocycles. The number of ether oxygens (including phenoxy) is 1. The lowest BCUT2D eigenvalue weighted by molar-refractivity contribution is -0.121. The molecule has 7 heteroatoms. The third-order valence-electron chi connectivity index (χ3n) is 4.82. The van der Waals surface area contributed by atoms with Gasteiger partial charge in [-0.05, 0) is 31.0 Å². The number of hydrogen-bond donors (Lipinski definition) is 2. The van der Waals surface area contributed by atoms with Crippen molar-refractivity contribution in [1.82, 2.24) is 15.1 Å². The van der Waals surface area contributed by atoms with Crippen LogP contribution in [0.25, 0.3) is 16.8 Å². The highest BCUT2D eigenvalue weighted by Crippen LogP contribution is 2.33. The minimum Gasteiger partial charge on any atom is -0.383 e. The summed E-state index contributed by atoms with van der Waals surface area (Å²) in [5.74, 6) is 0.392. The number of aromatic nitrogens is 2. The van der Waals surface area contributed by atoms with Crippen LogP contribution >= 0.6 is 0 Å². The molecule has 0 bridgehead atoms. The molecule has 0 fully saturated rings. The Labute approximate surface area is 182 Å². The van der Waals surface area contributed by atoms with Gasteiger partial charge < -0.3 is 15.4 Å². The van der Waals surface area contributed by atoms with E-state index in [4.69, 9.17) is 4.74 Å². The number of nitrogens with one attached hydrogen (secondary N) is 2. The Morgan fingerprint density at radius 1 is 0.968 bits per heavy atom. The van der Waals surface area contributed by atoms with Crippen molar-refractivity contribution < 1.29 is 14.3 Å². The maximum atomic E-state index is 12.7. The van der Waals surface area contributed by atoms with Crippen LogP contribution in [0.2, 0.25) is 0 Å². The summed E-state index contributed by atoms with van der Waals surface area (Å²) in [4.78, 5) is 24.6. The standard InChI is InChI=1S/C24H28N4O3/c1-18-23(19-10-5-3-6-11-19)24(28(27-18)20-12-7-4-8-13-20)26-22(30)15-9-14-21(29)25-16-17-31-2/h3-8,10-13H,9,14-17H2,1-2H3,(H,25,29)(H,26,30). The minimum atomic E-state index is -0.154. The Morgan fingerprint density at radius 3 is 2.29 bits per heavy atom. The Hall–Kier alpha value is -3.45. The maximum absolute atomic E-state index is 12.7. The topological polar surface area (TPSA) is 85.2 Å². The summed E-state index contributed by atoms with van der Waals surface area (Å²) in [6.45, 7) is 2.87. The van der Waals surface area contributed by atoms with E-state index in [-0.39, 0.29) is 18.2 Å². The monoisotopic (exact) mass is 420 g/mol. The molecule has 162 valence electrons. The summed E-state index contributed by atoms with van der Waals surface area (Å²) < 4.78 is 6.67. The molecule has 0 atom stereocenters. The first-order valence-corrected chi connectivity index (χ1v) is 10.4. The van der Waals surface area contributed by atoms with Crippen molar-refractivity contribution in [2.75, 3.05) is 25.6 Å². The molecule has 7 nitrogen and oxygen atoms in total. The molecule has 0 unspecified atom stereocenters. The van der Waals surface area contributed by atoms with E-state index in [2.05, 4.69) is 15.7 Å². The molecular formula is C24H28N4O3. The molecule has 2 N–H and O–H groups in total. The summed E-state index contributed by atoms with van der Waals surface area (Å²) >= 11 is 0. The molecule has 2 aromatic carbocycles. The van der Waals surface area contributed by atoms with Crippen molar-refractivity contribution in [1.29, 1.82) is 0 Å². The number of methoxy groups -OCH3 is 1. The molecule has 3 rings (SSSR count). The van der Waals surface area contributed by atoms with E-state index in [9.17, 15) is 9.59 Å². The van der Waals surface area contributed by atoms with Crippen LogP contribution in [0.4, 0.5) is 5.82 Å². The fraction of sp³-hybridized carbons (Fsp3) is 0.292. The van der Waals surface area contributed by atoms with Crippen molar-refractivity contribution in [2.24, 2.45) is 0 Å². The Morgan fingerprint density at radius 2 is 1.61 bits per heavy atom. The smallest absolute Gasteiger partial charge is 0.225 e. The highest BCUT2D eigenvalue weighted by molar-refractivity contribution is 5.95. The number of aryl methyl sites for hydroxylation is 1. The molecular weight excluding hydrogens is 392 g/mol. The molecule has 1 heterocycles. The van der Waals surface area contributed by atoms with Gasteiger partial charge in [0.05, 0.1) is 18.0 Å². The molecule has 31 heavy (non-hydrogen) atoms. The van der Waals surface area contributed by atoms with Crippen LogP contribution in [0.5, 0.6) is 0 Å².